The van der Waals surface area contributed by atoms with E-state index in [2.05, 4.69) is 10.5 Å². The first kappa shape index (κ1) is 10.7. The Bertz CT molecular complexity index is 263. The van der Waals surface area contributed by atoms with Crippen LogP contribution in [0.5, 0.6) is 0 Å². The summed E-state index contributed by atoms with van der Waals surface area (Å²) >= 11 is 0. The lowest BCUT2D eigenvalue weighted by Gasteiger charge is -2.19. The van der Waals surface area contributed by atoms with Crippen LogP contribution in [-0.2, 0) is 4.79 Å². The van der Waals surface area contributed by atoms with Crippen molar-refractivity contribution in [1.29, 1.82) is 0 Å². The van der Waals surface area contributed by atoms with Crippen LogP contribution in [-0.4, -0.2) is 11.6 Å². The van der Waals surface area contributed by atoms with Crippen molar-refractivity contribution in [2.75, 3.05) is 0 Å². The second-order valence-corrected chi connectivity index (χ2v) is 4.84. The Morgan fingerprint density at radius 2 is 1.73 bits per heavy atom. The molecule has 0 aliphatic heterocycles. The molecule has 0 atom stereocenters. The van der Waals surface area contributed by atoms with Gasteiger partial charge in [-0.3, -0.25) is 4.79 Å². The van der Waals surface area contributed by atoms with Gasteiger partial charge in [0.2, 0.25) is 5.91 Å². The Kier molecular flexibility index (Phi) is 3.39. The molecule has 1 amide bonds. The topological polar surface area (TPSA) is 41.5 Å². The quantitative estimate of drug-likeness (QED) is 0.562. The van der Waals surface area contributed by atoms with E-state index >= 15 is 0 Å². The van der Waals surface area contributed by atoms with Crippen molar-refractivity contribution in [1.82, 2.24) is 5.43 Å². The largest absolute Gasteiger partial charge is 0.273 e. The van der Waals surface area contributed by atoms with Gasteiger partial charge in [0.15, 0.2) is 0 Å². The molecule has 2 aliphatic carbocycles. The number of carbonyl (C=O) groups is 1. The van der Waals surface area contributed by atoms with E-state index in [1.807, 2.05) is 6.92 Å². The van der Waals surface area contributed by atoms with Gasteiger partial charge in [-0.1, -0.05) is 19.3 Å². The Balaban J connectivity index is 1.77. The number of hydrogen-bond donors (Lipinski definition) is 1. The van der Waals surface area contributed by atoms with Crippen LogP contribution in [0.15, 0.2) is 5.10 Å². The van der Waals surface area contributed by atoms with E-state index in [0.29, 0.717) is 5.92 Å². The van der Waals surface area contributed by atoms with Crippen molar-refractivity contribution < 1.29 is 4.79 Å². The standard InChI is InChI=1S/C12H20N2O/c1-9(10-7-8-10)13-14-12(15)11-5-3-2-4-6-11/h10-11H,2-8H2,1H3,(H,14,15). The highest BCUT2D eigenvalue weighted by molar-refractivity contribution is 5.88. The molecule has 2 rings (SSSR count). The van der Waals surface area contributed by atoms with Crippen molar-refractivity contribution >= 4 is 11.6 Å². The molecule has 3 heteroatoms. The molecule has 0 unspecified atom stereocenters. The summed E-state index contributed by atoms with van der Waals surface area (Å²) in [6.07, 6.45) is 8.26. The van der Waals surface area contributed by atoms with E-state index in [1.165, 1.54) is 32.1 Å². The molecule has 0 saturated heterocycles. The van der Waals surface area contributed by atoms with Gasteiger partial charge in [0.05, 0.1) is 0 Å². The predicted molar refractivity (Wildman–Crippen MR) is 60.6 cm³/mol. The van der Waals surface area contributed by atoms with Crippen LogP contribution in [0.3, 0.4) is 0 Å². The van der Waals surface area contributed by atoms with Gasteiger partial charge in [-0.2, -0.15) is 5.10 Å². The zero-order valence-electron chi connectivity index (χ0n) is 9.46. The van der Waals surface area contributed by atoms with Crippen molar-refractivity contribution in [3.8, 4) is 0 Å². The van der Waals surface area contributed by atoms with E-state index in [4.69, 9.17) is 0 Å². The number of nitrogens with zero attached hydrogens (tertiary/aromatic N) is 1. The predicted octanol–water partition coefficient (Wildman–Crippen LogP) is 2.47. The molecule has 2 aliphatic rings. The lowest BCUT2D eigenvalue weighted by atomic mass is 9.89. The molecule has 0 radical (unpaired) electrons. The molecule has 0 heterocycles. The van der Waals surface area contributed by atoms with Crippen LogP contribution in [0.4, 0.5) is 0 Å². The first-order chi connectivity index (χ1) is 7.27. The number of nitrogens with one attached hydrogen (secondary N) is 1. The average Bonchev–Trinajstić information content (AvgIpc) is 3.10. The molecule has 3 nitrogen and oxygen atoms in total. The summed E-state index contributed by atoms with van der Waals surface area (Å²) in [5.74, 6) is 1.00. The Morgan fingerprint density at radius 1 is 1.07 bits per heavy atom. The minimum atomic E-state index is 0.134. The summed E-state index contributed by atoms with van der Waals surface area (Å²) in [5, 5.41) is 4.18. The summed E-state index contributed by atoms with van der Waals surface area (Å²) in [6, 6.07) is 0. The van der Waals surface area contributed by atoms with Crippen LogP contribution in [0.2, 0.25) is 0 Å². The van der Waals surface area contributed by atoms with E-state index in [1.54, 1.807) is 0 Å². The number of rotatable bonds is 3. The molecule has 0 spiro atoms. The van der Waals surface area contributed by atoms with Crippen LogP contribution in [0.25, 0.3) is 0 Å². The molecule has 2 saturated carbocycles. The summed E-state index contributed by atoms with van der Waals surface area (Å²) < 4.78 is 0. The fourth-order valence-corrected chi connectivity index (χ4v) is 2.19. The fraction of sp³-hybridized carbons (Fsp3) is 0.833. The third kappa shape index (κ3) is 3.05. The number of hydrogen-bond acceptors (Lipinski definition) is 2. The van der Waals surface area contributed by atoms with Crippen molar-refractivity contribution in [2.24, 2.45) is 16.9 Å². The van der Waals surface area contributed by atoms with E-state index < -0.39 is 0 Å². The second kappa shape index (κ2) is 4.77. The maximum Gasteiger partial charge on any atom is 0.243 e. The second-order valence-electron chi connectivity index (χ2n) is 4.84. The normalized spacial score (nSPS) is 23.9. The highest BCUT2D eigenvalue weighted by Gasteiger charge is 2.25. The molecular formula is C12H20N2O. The van der Waals surface area contributed by atoms with Gasteiger partial charge in [0.1, 0.15) is 0 Å². The fourth-order valence-electron chi connectivity index (χ4n) is 2.19. The molecule has 2 fully saturated rings. The third-order valence-corrected chi connectivity index (χ3v) is 3.49. The number of hydrazone groups is 1. The summed E-state index contributed by atoms with van der Waals surface area (Å²) in [4.78, 5) is 11.7. The molecule has 0 aromatic heterocycles. The van der Waals surface area contributed by atoms with Gasteiger partial charge in [0.25, 0.3) is 0 Å². The first-order valence-electron chi connectivity index (χ1n) is 6.11. The van der Waals surface area contributed by atoms with Crippen LogP contribution < -0.4 is 5.43 Å². The number of carbonyl (C=O) groups excluding carboxylic acids is 1. The van der Waals surface area contributed by atoms with Crippen LogP contribution >= 0.6 is 0 Å². The van der Waals surface area contributed by atoms with Crippen molar-refractivity contribution in [3.63, 3.8) is 0 Å². The van der Waals surface area contributed by atoms with Gasteiger partial charge in [-0.05, 0) is 38.5 Å². The first-order valence-corrected chi connectivity index (χ1v) is 6.11. The zero-order chi connectivity index (χ0) is 10.7. The summed E-state index contributed by atoms with van der Waals surface area (Å²) in [7, 11) is 0. The van der Waals surface area contributed by atoms with Crippen molar-refractivity contribution in [3.05, 3.63) is 0 Å². The molecule has 15 heavy (non-hydrogen) atoms. The van der Waals surface area contributed by atoms with Gasteiger partial charge >= 0.3 is 0 Å². The maximum atomic E-state index is 11.7. The SMILES string of the molecule is CC(=NNC(=O)C1CCCCC1)C1CC1. The average molecular weight is 208 g/mol. The van der Waals surface area contributed by atoms with E-state index in [-0.39, 0.29) is 11.8 Å². The molecule has 0 bridgehead atoms. The molecule has 84 valence electrons. The molecule has 0 aromatic carbocycles. The lowest BCUT2D eigenvalue weighted by Crippen LogP contribution is -2.29. The van der Waals surface area contributed by atoms with Gasteiger partial charge < -0.3 is 0 Å². The van der Waals surface area contributed by atoms with Crippen molar-refractivity contribution in [2.45, 2.75) is 51.9 Å². The molecule has 1 N–H and O–H groups in total. The molecule has 0 aromatic rings. The minimum Gasteiger partial charge on any atom is -0.273 e. The number of amides is 1. The van der Waals surface area contributed by atoms with E-state index in [9.17, 15) is 4.79 Å². The van der Waals surface area contributed by atoms with Gasteiger partial charge in [0, 0.05) is 11.6 Å². The van der Waals surface area contributed by atoms with E-state index in [0.717, 1.165) is 18.6 Å². The van der Waals surface area contributed by atoms with Crippen LogP contribution in [0.1, 0.15) is 51.9 Å². The summed E-state index contributed by atoms with van der Waals surface area (Å²) in [6.45, 7) is 2.01. The lowest BCUT2D eigenvalue weighted by molar-refractivity contribution is -0.125. The van der Waals surface area contributed by atoms with Gasteiger partial charge in [-0.25, -0.2) is 5.43 Å². The summed E-state index contributed by atoms with van der Waals surface area (Å²) in [5.41, 5.74) is 3.82. The third-order valence-electron chi connectivity index (χ3n) is 3.49. The Labute approximate surface area is 91.3 Å². The van der Waals surface area contributed by atoms with Crippen LogP contribution in [0, 0.1) is 11.8 Å². The maximum absolute atomic E-state index is 11.7. The Hall–Kier alpha value is -0.860. The highest BCUT2D eigenvalue weighted by Crippen LogP contribution is 2.30. The molecular weight excluding hydrogens is 188 g/mol. The monoisotopic (exact) mass is 208 g/mol. The highest BCUT2D eigenvalue weighted by atomic mass is 16.2. The van der Waals surface area contributed by atoms with Gasteiger partial charge in [-0.15, -0.1) is 0 Å². The smallest absolute Gasteiger partial charge is 0.243 e. The Morgan fingerprint density at radius 3 is 2.33 bits per heavy atom. The zero-order valence-corrected chi connectivity index (χ0v) is 9.46. The minimum absolute atomic E-state index is 0.134.